The van der Waals surface area contributed by atoms with Crippen LogP contribution in [0.15, 0.2) is 65.4 Å². The number of fused-ring (bicyclic) bond motifs is 1. The molecule has 136 valence electrons. The Morgan fingerprint density at radius 2 is 2.04 bits per heavy atom. The van der Waals surface area contributed by atoms with E-state index in [0.29, 0.717) is 18.0 Å². The van der Waals surface area contributed by atoms with E-state index >= 15 is 0 Å². The molecule has 27 heavy (non-hydrogen) atoms. The van der Waals surface area contributed by atoms with Crippen molar-refractivity contribution in [2.75, 3.05) is 5.32 Å². The number of carbonyl (C=O) groups is 1. The van der Waals surface area contributed by atoms with Crippen LogP contribution in [0.25, 0.3) is 21.9 Å². The molecule has 2 aromatic carbocycles. The van der Waals surface area contributed by atoms with Crippen LogP contribution in [0.5, 0.6) is 0 Å². The molecule has 1 unspecified atom stereocenters. The number of hydrogen-bond donors (Lipinski definition) is 1. The maximum Gasteiger partial charge on any atom is 0.250 e. The highest BCUT2D eigenvalue weighted by Gasteiger charge is 2.21. The van der Waals surface area contributed by atoms with Crippen molar-refractivity contribution in [3.63, 3.8) is 0 Å². The Bertz CT molecular complexity index is 1090. The van der Waals surface area contributed by atoms with Crippen LogP contribution in [-0.4, -0.2) is 20.8 Å². The summed E-state index contributed by atoms with van der Waals surface area (Å²) in [5.74, 6) is 0.895. The molecule has 0 saturated heterocycles. The molecule has 0 bridgehead atoms. The summed E-state index contributed by atoms with van der Waals surface area (Å²) in [5, 5.41) is 13.4. The molecular weight excluding hydrogens is 340 g/mol. The van der Waals surface area contributed by atoms with Crippen molar-refractivity contribution in [2.24, 2.45) is 0 Å². The van der Waals surface area contributed by atoms with E-state index < -0.39 is 6.04 Å². The first kappa shape index (κ1) is 17.0. The third kappa shape index (κ3) is 3.33. The van der Waals surface area contributed by atoms with Gasteiger partial charge in [0.25, 0.3) is 0 Å². The van der Waals surface area contributed by atoms with E-state index in [2.05, 4.69) is 39.8 Å². The Labute approximate surface area is 156 Å². The highest BCUT2D eigenvalue weighted by Crippen LogP contribution is 2.29. The summed E-state index contributed by atoms with van der Waals surface area (Å²) in [4.78, 5) is 12.7. The van der Waals surface area contributed by atoms with Crippen LogP contribution in [0.1, 0.15) is 25.1 Å². The molecule has 0 fully saturated rings. The van der Waals surface area contributed by atoms with Gasteiger partial charge in [-0.1, -0.05) is 54.5 Å². The first-order valence-corrected chi connectivity index (χ1v) is 8.92. The van der Waals surface area contributed by atoms with Gasteiger partial charge in [0.2, 0.25) is 5.91 Å². The molecule has 0 radical (unpaired) electrons. The third-order valence-electron chi connectivity index (χ3n) is 4.59. The van der Waals surface area contributed by atoms with Crippen LogP contribution in [-0.2, 0) is 4.79 Å². The van der Waals surface area contributed by atoms with E-state index in [4.69, 9.17) is 4.52 Å². The minimum atomic E-state index is -0.425. The predicted molar refractivity (Wildman–Crippen MR) is 104 cm³/mol. The number of nitrogens with zero attached hydrogens (tertiary/aromatic N) is 3. The summed E-state index contributed by atoms with van der Waals surface area (Å²) in [5.41, 5.74) is 2.08. The van der Waals surface area contributed by atoms with Gasteiger partial charge in [0.05, 0.1) is 6.20 Å². The summed E-state index contributed by atoms with van der Waals surface area (Å²) in [6.45, 7) is 3.74. The van der Waals surface area contributed by atoms with Crippen LogP contribution in [0.4, 0.5) is 5.82 Å². The van der Waals surface area contributed by atoms with Gasteiger partial charge in [0, 0.05) is 17.8 Å². The number of anilines is 1. The van der Waals surface area contributed by atoms with Gasteiger partial charge >= 0.3 is 0 Å². The highest BCUT2D eigenvalue weighted by atomic mass is 16.5. The Kier molecular flexibility index (Phi) is 4.46. The summed E-state index contributed by atoms with van der Waals surface area (Å²) in [7, 11) is 0. The van der Waals surface area contributed by atoms with Crippen LogP contribution in [0.2, 0.25) is 0 Å². The molecule has 0 saturated carbocycles. The van der Waals surface area contributed by atoms with Gasteiger partial charge in [-0.3, -0.25) is 9.48 Å². The van der Waals surface area contributed by atoms with Crippen molar-refractivity contribution in [2.45, 2.75) is 26.3 Å². The van der Waals surface area contributed by atoms with Crippen molar-refractivity contribution < 1.29 is 9.32 Å². The molecule has 2 aromatic heterocycles. The van der Waals surface area contributed by atoms with Gasteiger partial charge in [0.15, 0.2) is 5.82 Å². The molecule has 6 nitrogen and oxygen atoms in total. The lowest BCUT2D eigenvalue weighted by Gasteiger charge is -2.14. The van der Waals surface area contributed by atoms with Crippen molar-refractivity contribution in [3.8, 4) is 11.1 Å². The summed E-state index contributed by atoms with van der Waals surface area (Å²) < 4.78 is 6.71. The van der Waals surface area contributed by atoms with Crippen molar-refractivity contribution in [3.05, 3.63) is 66.7 Å². The first-order valence-electron chi connectivity index (χ1n) is 8.92. The zero-order valence-corrected chi connectivity index (χ0v) is 15.2. The number of carbonyl (C=O) groups excluding carboxylic acids is 1. The molecule has 1 N–H and O–H groups in total. The smallest absolute Gasteiger partial charge is 0.250 e. The SMILES string of the molecule is CCC(C(=O)Nc1cc(C)on1)n1cc(-c2cccc3ccccc23)cn1. The summed E-state index contributed by atoms with van der Waals surface area (Å²) in [6.07, 6.45) is 4.33. The molecule has 0 aliphatic heterocycles. The maximum absolute atomic E-state index is 12.7. The maximum atomic E-state index is 12.7. The van der Waals surface area contributed by atoms with Gasteiger partial charge in [-0.15, -0.1) is 0 Å². The van der Waals surface area contributed by atoms with Crippen LogP contribution >= 0.6 is 0 Å². The Hall–Kier alpha value is -3.41. The number of amides is 1. The Morgan fingerprint density at radius 3 is 2.81 bits per heavy atom. The Morgan fingerprint density at radius 1 is 1.22 bits per heavy atom. The van der Waals surface area contributed by atoms with Gasteiger partial charge in [-0.2, -0.15) is 5.10 Å². The topological polar surface area (TPSA) is 73.0 Å². The van der Waals surface area contributed by atoms with Gasteiger partial charge in [-0.25, -0.2) is 0 Å². The number of hydrogen-bond acceptors (Lipinski definition) is 4. The molecule has 1 amide bonds. The number of benzene rings is 2. The lowest BCUT2D eigenvalue weighted by Crippen LogP contribution is -2.26. The first-order chi connectivity index (χ1) is 13.2. The summed E-state index contributed by atoms with van der Waals surface area (Å²) in [6, 6.07) is 15.7. The largest absolute Gasteiger partial charge is 0.360 e. The number of nitrogens with one attached hydrogen (secondary N) is 1. The van der Waals surface area contributed by atoms with E-state index in [0.717, 1.165) is 16.5 Å². The second-order valence-corrected chi connectivity index (χ2v) is 6.47. The van der Waals surface area contributed by atoms with Gasteiger partial charge < -0.3 is 9.84 Å². The normalized spacial score (nSPS) is 12.2. The number of aryl methyl sites for hydroxylation is 1. The van der Waals surface area contributed by atoms with Crippen molar-refractivity contribution in [1.29, 1.82) is 0 Å². The fourth-order valence-corrected chi connectivity index (χ4v) is 3.25. The monoisotopic (exact) mass is 360 g/mol. The Balaban J connectivity index is 1.63. The summed E-state index contributed by atoms with van der Waals surface area (Å²) >= 11 is 0. The average molecular weight is 360 g/mol. The number of aromatic nitrogens is 3. The second kappa shape index (κ2) is 7.07. The number of rotatable bonds is 5. The van der Waals surface area contributed by atoms with Gasteiger partial charge in [0.1, 0.15) is 11.8 Å². The zero-order valence-electron chi connectivity index (χ0n) is 15.2. The van der Waals surface area contributed by atoms with E-state index in [1.54, 1.807) is 23.9 Å². The average Bonchev–Trinajstić information content (AvgIpc) is 3.31. The zero-order chi connectivity index (χ0) is 18.8. The molecule has 0 aliphatic rings. The van der Waals surface area contributed by atoms with E-state index in [1.165, 1.54) is 5.39 Å². The molecular formula is C21H20N4O2. The van der Waals surface area contributed by atoms with Crippen molar-refractivity contribution >= 4 is 22.5 Å². The molecule has 4 rings (SSSR count). The van der Waals surface area contributed by atoms with E-state index in [1.807, 2.05) is 31.3 Å². The van der Waals surface area contributed by atoms with Crippen LogP contribution < -0.4 is 5.32 Å². The molecule has 2 heterocycles. The lowest BCUT2D eigenvalue weighted by molar-refractivity contribution is -0.119. The minimum absolute atomic E-state index is 0.168. The molecule has 0 spiro atoms. The van der Waals surface area contributed by atoms with Crippen molar-refractivity contribution in [1.82, 2.24) is 14.9 Å². The van der Waals surface area contributed by atoms with Gasteiger partial charge in [-0.05, 0) is 29.7 Å². The second-order valence-electron chi connectivity index (χ2n) is 6.47. The third-order valence-corrected chi connectivity index (χ3v) is 4.59. The minimum Gasteiger partial charge on any atom is -0.360 e. The predicted octanol–water partition coefficient (Wildman–Crippen LogP) is 4.59. The van der Waals surface area contributed by atoms with Crippen LogP contribution in [0, 0.1) is 6.92 Å². The van der Waals surface area contributed by atoms with Crippen LogP contribution in [0.3, 0.4) is 0 Å². The fourth-order valence-electron chi connectivity index (χ4n) is 3.25. The molecule has 6 heteroatoms. The molecule has 4 aromatic rings. The van der Waals surface area contributed by atoms with E-state index in [-0.39, 0.29) is 5.91 Å². The fraction of sp³-hybridized carbons (Fsp3) is 0.190. The highest BCUT2D eigenvalue weighted by molar-refractivity contribution is 5.96. The molecule has 0 aliphatic carbocycles. The standard InChI is InChI=1S/C21H20N4O2/c1-3-19(21(26)23-20-11-14(2)27-24-20)25-13-16(12-22-25)18-10-6-8-15-7-4-5-9-17(15)18/h4-13,19H,3H2,1-2H3,(H,23,24,26). The van der Waals surface area contributed by atoms with E-state index in [9.17, 15) is 4.79 Å². The lowest BCUT2D eigenvalue weighted by atomic mass is 10.0. The quantitative estimate of drug-likeness (QED) is 0.565. The molecule has 1 atom stereocenters.